The molecule has 0 radical (unpaired) electrons. The standard InChI is InChI=1S/C11H13NO4.C10H11NO4/c1-3-9(11(13)14)8-5-4-7(2)10(6-8)12(15)16;1-2-9(10(12)13)7-4-3-5-8(6-7)11(14)15/h4-6,9H,3H2,1-2H3,(H,13,14);3-6,9H,2H2,1H3,(H,12,13). The van der Waals surface area contributed by atoms with Crippen LogP contribution in [0.1, 0.15) is 55.2 Å². The molecule has 0 heterocycles. The van der Waals surface area contributed by atoms with E-state index in [0.717, 1.165) is 0 Å². The molecule has 31 heavy (non-hydrogen) atoms. The highest BCUT2D eigenvalue weighted by atomic mass is 16.6. The number of benzene rings is 2. The molecule has 2 atom stereocenters. The van der Waals surface area contributed by atoms with E-state index in [1.165, 1.54) is 24.3 Å². The highest BCUT2D eigenvalue weighted by molar-refractivity contribution is 5.76. The minimum atomic E-state index is -0.960. The fourth-order valence-corrected chi connectivity index (χ4v) is 3.00. The van der Waals surface area contributed by atoms with Crippen LogP contribution in [0, 0.1) is 27.2 Å². The predicted octanol–water partition coefficient (Wildman–Crippen LogP) is 4.65. The van der Waals surface area contributed by atoms with Gasteiger partial charge in [0.25, 0.3) is 11.4 Å². The zero-order valence-corrected chi connectivity index (χ0v) is 17.3. The first-order valence-electron chi connectivity index (χ1n) is 9.48. The summed E-state index contributed by atoms with van der Waals surface area (Å²) in [5.74, 6) is -3.28. The molecule has 2 N–H and O–H groups in total. The van der Waals surface area contributed by atoms with Crippen LogP contribution < -0.4 is 0 Å². The SMILES string of the molecule is CCC(C(=O)O)c1ccc(C)c([N+](=O)[O-])c1.CCC(C(=O)O)c1cccc([N+](=O)[O-])c1. The first-order valence-corrected chi connectivity index (χ1v) is 9.48. The van der Waals surface area contributed by atoms with Gasteiger partial charge in [0.2, 0.25) is 0 Å². The van der Waals surface area contributed by atoms with Crippen molar-refractivity contribution < 1.29 is 29.6 Å². The number of nitro groups is 2. The molecule has 2 unspecified atom stereocenters. The number of aliphatic carboxylic acids is 2. The molecule has 2 aromatic rings. The Labute approximate surface area is 178 Å². The number of aryl methyl sites for hydroxylation is 1. The van der Waals surface area contributed by atoms with E-state index in [-0.39, 0.29) is 11.4 Å². The molecule has 0 aliphatic heterocycles. The van der Waals surface area contributed by atoms with E-state index in [2.05, 4.69) is 0 Å². The molecule has 0 spiro atoms. The molecule has 0 saturated heterocycles. The number of hydrogen-bond donors (Lipinski definition) is 2. The van der Waals surface area contributed by atoms with Crippen molar-refractivity contribution in [1.29, 1.82) is 0 Å². The van der Waals surface area contributed by atoms with Crippen LogP contribution in [-0.2, 0) is 9.59 Å². The zero-order chi connectivity index (χ0) is 23.7. The van der Waals surface area contributed by atoms with Crippen LogP contribution in [-0.4, -0.2) is 32.0 Å². The third-order valence-electron chi connectivity index (χ3n) is 4.73. The molecular formula is C21H24N2O8. The number of carbonyl (C=O) groups is 2. The second-order valence-corrected chi connectivity index (χ2v) is 6.75. The lowest BCUT2D eigenvalue weighted by molar-refractivity contribution is -0.385. The van der Waals surface area contributed by atoms with Crippen molar-refractivity contribution in [3.63, 3.8) is 0 Å². The third kappa shape index (κ3) is 6.88. The number of non-ortho nitro benzene ring substituents is 1. The number of nitrogens with zero attached hydrogens (tertiary/aromatic N) is 2. The molecule has 0 fully saturated rings. The van der Waals surface area contributed by atoms with Gasteiger partial charge in [-0.2, -0.15) is 0 Å². The number of nitro benzene ring substituents is 2. The lowest BCUT2D eigenvalue weighted by atomic mass is 9.95. The molecule has 2 rings (SSSR count). The highest BCUT2D eigenvalue weighted by Crippen LogP contribution is 2.26. The van der Waals surface area contributed by atoms with E-state index in [0.29, 0.717) is 29.5 Å². The van der Waals surface area contributed by atoms with Crippen LogP contribution in [0.15, 0.2) is 42.5 Å². The van der Waals surface area contributed by atoms with E-state index in [1.807, 2.05) is 0 Å². The Morgan fingerprint density at radius 2 is 1.39 bits per heavy atom. The van der Waals surface area contributed by atoms with Crippen molar-refractivity contribution in [1.82, 2.24) is 0 Å². The molecule has 0 aromatic heterocycles. The van der Waals surface area contributed by atoms with Gasteiger partial charge >= 0.3 is 11.9 Å². The van der Waals surface area contributed by atoms with E-state index in [4.69, 9.17) is 10.2 Å². The Hall–Kier alpha value is -3.82. The summed E-state index contributed by atoms with van der Waals surface area (Å²) in [6, 6.07) is 10.3. The average molecular weight is 432 g/mol. The van der Waals surface area contributed by atoms with Gasteiger partial charge < -0.3 is 10.2 Å². The van der Waals surface area contributed by atoms with Crippen LogP contribution in [0.4, 0.5) is 11.4 Å². The van der Waals surface area contributed by atoms with Gasteiger partial charge in [-0.25, -0.2) is 0 Å². The normalized spacial score (nSPS) is 12.1. The first-order chi connectivity index (χ1) is 14.5. The zero-order valence-electron chi connectivity index (χ0n) is 17.3. The highest BCUT2D eigenvalue weighted by Gasteiger charge is 2.21. The second-order valence-electron chi connectivity index (χ2n) is 6.75. The largest absolute Gasteiger partial charge is 0.481 e. The third-order valence-corrected chi connectivity index (χ3v) is 4.73. The van der Waals surface area contributed by atoms with Crippen molar-refractivity contribution >= 4 is 23.3 Å². The maximum absolute atomic E-state index is 10.9. The summed E-state index contributed by atoms with van der Waals surface area (Å²) in [6.07, 6.45) is 0.825. The van der Waals surface area contributed by atoms with Crippen molar-refractivity contribution in [3.05, 3.63) is 79.4 Å². The lowest BCUT2D eigenvalue weighted by Crippen LogP contribution is -2.10. The summed E-state index contributed by atoms with van der Waals surface area (Å²) < 4.78 is 0. The van der Waals surface area contributed by atoms with E-state index in [1.54, 1.807) is 39.0 Å². The van der Waals surface area contributed by atoms with Crippen molar-refractivity contribution in [2.75, 3.05) is 0 Å². The molecule has 166 valence electrons. The molecule has 10 nitrogen and oxygen atoms in total. The monoisotopic (exact) mass is 432 g/mol. The Kier molecular flexibility index (Phi) is 9.26. The second kappa shape index (κ2) is 11.4. The molecular weight excluding hydrogens is 408 g/mol. The van der Waals surface area contributed by atoms with Crippen molar-refractivity contribution in [3.8, 4) is 0 Å². The summed E-state index contributed by atoms with van der Waals surface area (Å²) >= 11 is 0. The Bertz CT molecular complexity index is 974. The smallest absolute Gasteiger partial charge is 0.310 e. The fraction of sp³-hybridized carbons (Fsp3) is 0.333. The quantitative estimate of drug-likeness (QED) is 0.450. The molecule has 0 saturated carbocycles. The fourth-order valence-electron chi connectivity index (χ4n) is 3.00. The van der Waals surface area contributed by atoms with Gasteiger partial charge in [-0.3, -0.25) is 29.8 Å². The molecule has 0 aliphatic carbocycles. The molecule has 0 amide bonds. The van der Waals surface area contributed by atoms with Crippen LogP contribution in [0.25, 0.3) is 0 Å². The van der Waals surface area contributed by atoms with Crippen molar-refractivity contribution in [2.24, 2.45) is 0 Å². The topological polar surface area (TPSA) is 161 Å². The van der Waals surface area contributed by atoms with Crippen LogP contribution >= 0.6 is 0 Å². The maximum atomic E-state index is 10.9. The minimum Gasteiger partial charge on any atom is -0.481 e. The molecule has 0 bridgehead atoms. The van der Waals surface area contributed by atoms with Gasteiger partial charge in [0.05, 0.1) is 21.7 Å². The summed E-state index contributed by atoms with van der Waals surface area (Å²) in [4.78, 5) is 42.0. The van der Waals surface area contributed by atoms with Gasteiger partial charge in [-0.1, -0.05) is 38.1 Å². The van der Waals surface area contributed by atoms with E-state index < -0.39 is 33.6 Å². The number of carboxylic acids is 2. The number of carboxylic acid groups (broad SMARTS) is 2. The van der Waals surface area contributed by atoms with Gasteiger partial charge in [0, 0.05) is 23.8 Å². The van der Waals surface area contributed by atoms with Crippen molar-refractivity contribution in [2.45, 2.75) is 45.4 Å². The molecule has 10 heteroatoms. The van der Waals surface area contributed by atoms with Gasteiger partial charge in [-0.15, -0.1) is 0 Å². The van der Waals surface area contributed by atoms with E-state index in [9.17, 15) is 29.8 Å². The molecule has 2 aromatic carbocycles. The van der Waals surface area contributed by atoms with Crippen LogP contribution in [0.5, 0.6) is 0 Å². The van der Waals surface area contributed by atoms with Gasteiger partial charge in [0.15, 0.2) is 0 Å². The minimum absolute atomic E-state index is 0.0304. The average Bonchev–Trinajstić information content (AvgIpc) is 2.70. The summed E-state index contributed by atoms with van der Waals surface area (Å²) in [7, 11) is 0. The molecule has 0 aliphatic rings. The van der Waals surface area contributed by atoms with Gasteiger partial charge in [0.1, 0.15) is 0 Å². The summed E-state index contributed by atoms with van der Waals surface area (Å²) in [5, 5.41) is 39.0. The Balaban J connectivity index is 0.000000311. The number of hydrogen-bond acceptors (Lipinski definition) is 6. The number of rotatable bonds is 8. The predicted molar refractivity (Wildman–Crippen MR) is 112 cm³/mol. The van der Waals surface area contributed by atoms with E-state index >= 15 is 0 Å². The maximum Gasteiger partial charge on any atom is 0.310 e. The van der Waals surface area contributed by atoms with Crippen LogP contribution in [0.2, 0.25) is 0 Å². The van der Waals surface area contributed by atoms with Gasteiger partial charge in [-0.05, 0) is 30.9 Å². The first kappa shape index (κ1) is 25.2. The lowest BCUT2D eigenvalue weighted by Gasteiger charge is -2.10. The Morgan fingerprint density at radius 1 is 0.871 bits per heavy atom. The van der Waals surface area contributed by atoms with Crippen LogP contribution in [0.3, 0.4) is 0 Å². The Morgan fingerprint density at radius 3 is 1.81 bits per heavy atom. The summed E-state index contributed by atoms with van der Waals surface area (Å²) in [6.45, 7) is 5.10. The summed E-state index contributed by atoms with van der Waals surface area (Å²) in [5.41, 5.74) is 1.38.